The molecule has 9 heteroatoms. The summed E-state index contributed by atoms with van der Waals surface area (Å²) in [6.45, 7) is -0.0938. The smallest absolute Gasteiger partial charge is 0.341 e. The second-order valence-corrected chi connectivity index (χ2v) is 7.71. The molecular formula is C15H18BrN5O2S. The molecule has 1 saturated heterocycles. The highest BCUT2D eigenvalue weighted by Crippen LogP contribution is 2.21. The Morgan fingerprint density at radius 3 is 2.75 bits per heavy atom. The highest BCUT2D eigenvalue weighted by Gasteiger charge is 2.23. The van der Waals surface area contributed by atoms with Crippen LogP contribution in [0.2, 0.25) is 0 Å². The van der Waals surface area contributed by atoms with Gasteiger partial charge in [-0.2, -0.15) is 21.1 Å². The van der Waals surface area contributed by atoms with Crippen molar-refractivity contribution in [1.82, 2.24) is 24.7 Å². The Morgan fingerprint density at radius 2 is 2.04 bits per heavy atom. The predicted molar refractivity (Wildman–Crippen MR) is 96.4 cm³/mol. The summed E-state index contributed by atoms with van der Waals surface area (Å²) in [6, 6.07) is 7.49. The van der Waals surface area contributed by atoms with Crippen LogP contribution < -0.4 is 5.69 Å². The van der Waals surface area contributed by atoms with Crippen molar-refractivity contribution in [3.05, 3.63) is 39.2 Å². The van der Waals surface area contributed by atoms with Gasteiger partial charge >= 0.3 is 5.69 Å². The summed E-state index contributed by atoms with van der Waals surface area (Å²) < 4.78 is 3.03. The first-order valence-electron chi connectivity index (χ1n) is 7.69. The van der Waals surface area contributed by atoms with Gasteiger partial charge in [-0.15, -0.1) is 0 Å². The zero-order valence-electron chi connectivity index (χ0n) is 13.3. The van der Waals surface area contributed by atoms with Crippen LogP contribution >= 0.6 is 27.7 Å². The Morgan fingerprint density at radius 1 is 1.33 bits per heavy atom. The Hall–Kier alpha value is -1.61. The first kappa shape index (κ1) is 17.2. The normalized spacial score (nSPS) is 15.4. The Balaban J connectivity index is 1.75. The van der Waals surface area contributed by atoms with Crippen molar-refractivity contribution in [2.75, 3.05) is 18.6 Å². The number of carbonyl (C=O) groups is 1. The van der Waals surface area contributed by atoms with Crippen LogP contribution in [-0.2, 0) is 11.3 Å². The Kier molecular flexibility index (Phi) is 5.40. The molecule has 24 heavy (non-hydrogen) atoms. The number of nitrogens with zero attached hydrogens (tertiary/aromatic N) is 5. The van der Waals surface area contributed by atoms with Crippen molar-refractivity contribution in [2.24, 2.45) is 0 Å². The number of likely N-dealkylation sites (N-methyl/N-ethyl adjacent to an activating group) is 1. The van der Waals surface area contributed by atoms with Gasteiger partial charge in [0, 0.05) is 17.6 Å². The predicted octanol–water partition coefficient (Wildman–Crippen LogP) is 1.55. The van der Waals surface area contributed by atoms with Gasteiger partial charge in [-0.05, 0) is 62.8 Å². The quantitative estimate of drug-likeness (QED) is 0.762. The number of hydrogen-bond donors (Lipinski definition) is 0. The van der Waals surface area contributed by atoms with Gasteiger partial charge in [-0.3, -0.25) is 4.79 Å². The largest absolute Gasteiger partial charge is 0.369 e. The number of aromatic nitrogens is 4. The number of para-hydroxylation sites is 1. The van der Waals surface area contributed by atoms with Crippen LogP contribution in [-0.4, -0.2) is 55.2 Å². The van der Waals surface area contributed by atoms with Crippen LogP contribution in [0.5, 0.6) is 0 Å². The molecule has 0 aliphatic carbocycles. The van der Waals surface area contributed by atoms with E-state index in [4.69, 9.17) is 0 Å². The van der Waals surface area contributed by atoms with Gasteiger partial charge in [0.05, 0.1) is 5.69 Å². The topological polar surface area (TPSA) is 73.0 Å². The number of carbonyl (C=O) groups excluding carboxylic acids is 1. The van der Waals surface area contributed by atoms with Gasteiger partial charge in [0.25, 0.3) is 0 Å². The van der Waals surface area contributed by atoms with Crippen LogP contribution in [0.1, 0.15) is 12.8 Å². The van der Waals surface area contributed by atoms with Crippen molar-refractivity contribution in [3.8, 4) is 5.69 Å². The van der Waals surface area contributed by atoms with Crippen molar-refractivity contribution in [1.29, 1.82) is 0 Å². The van der Waals surface area contributed by atoms with E-state index in [-0.39, 0.29) is 18.5 Å². The lowest BCUT2D eigenvalue weighted by atomic mass is 10.1. The third-order valence-electron chi connectivity index (χ3n) is 4.14. The lowest BCUT2D eigenvalue weighted by Gasteiger charge is -2.30. The van der Waals surface area contributed by atoms with Crippen molar-refractivity contribution >= 4 is 33.6 Å². The fourth-order valence-electron chi connectivity index (χ4n) is 2.66. The molecule has 3 rings (SSSR count). The molecule has 0 unspecified atom stereocenters. The first-order chi connectivity index (χ1) is 11.6. The van der Waals surface area contributed by atoms with E-state index in [1.165, 1.54) is 4.68 Å². The minimum absolute atomic E-state index is 0.0938. The van der Waals surface area contributed by atoms with E-state index in [2.05, 4.69) is 26.4 Å². The van der Waals surface area contributed by atoms with Crippen LogP contribution in [0, 0.1) is 0 Å². The number of halogens is 1. The lowest BCUT2D eigenvalue weighted by molar-refractivity contribution is -0.133. The lowest BCUT2D eigenvalue weighted by Crippen LogP contribution is -2.42. The molecule has 1 aromatic heterocycles. The molecule has 7 nitrogen and oxygen atoms in total. The molecule has 1 aromatic carbocycles. The summed E-state index contributed by atoms with van der Waals surface area (Å²) >= 11 is 5.30. The van der Waals surface area contributed by atoms with Gasteiger partial charge in [0.15, 0.2) is 0 Å². The van der Waals surface area contributed by atoms with Crippen LogP contribution in [0.3, 0.4) is 0 Å². The summed E-state index contributed by atoms with van der Waals surface area (Å²) in [4.78, 5) is 26.7. The number of rotatable bonds is 4. The zero-order chi connectivity index (χ0) is 17.1. The Labute approximate surface area is 152 Å². The SMILES string of the molecule is CN(C(=O)Cn1nnn(-c2ccccc2Br)c1=O)C1CCSCC1. The number of thioether (sulfide) groups is 1. The van der Waals surface area contributed by atoms with Crippen molar-refractivity contribution < 1.29 is 4.79 Å². The number of hydrogen-bond acceptors (Lipinski definition) is 5. The minimum atomic E-state index is -0.428. The maximum absolute atomic E-state index is 12.5. The Bertz CT molecular complexity index is 784. The van der Waals surface area contributed by atoms with Crippen LogP contribution in [0.25, 0.3) is 5.69 Å². The van der Waals surface area contributed by atoms with Gasteiger partial charge < -0.3 is 4.90 Å². The molecule has 1 amide bonds. The second kappa shape index (κ2) is 7.52. The molecule has 128 valence electrons. The first-order valence-corrected chi connectivity index (χ1v) is 9.64. The third-order valence-corrected chi connectivity index (χ3v) is 5.86. The summed E-state index contributed by atoms with van der Waals surface area (Å²) in [6.07, 6.45) is 1.98. The van der Waals surface area contributed by atoms with Gasteiger partial charge in [-0.25, -0.2) is 4.79 Å². The van der Waals surface area contributed by atoms with E-state index in [9.17, 15) is 9.59 Å². The summed E-state index contributed by atoms with van der Waals surface area (Å²) in [5.74, 6) is 2.02. The molecule has 0 radical (unpaired) electrons. The van der Waals surface area contributed by atoms with E-state index >= 15 is 0 Å². The molecule has 1 fully saturated rings. The number of amides is 1. The molecule has 1 aliphatic heterocycles. The van der Waals surface area contributed by atoms with E-state index in [0.29, 0.717) is 5.69 Å². The molecule has 0 bridgehead atoms. The van der Waals surface area contributed by atoms with Gasteiger partial charge in [0.2, 0.25) is 5.91 Å². The molecule has 2 aromatic rings. The van der Waals surface area contributed by atoms with Crippen molar-refractivity contribution in [2.45, 2.75) is 25.4 Å². The average molecular weight is 412 g/mol. The van der Waals surface area contributed by atoms with Crippen molar-refractivity contribution in [3.63, 3.8) is 0 Å². The highest BCUT2D eigenvalue weighted by molar-refractivity contribution is 9.10. The van der Waals surface area contributed by atoms with E-state index < -0.39 is 5.69 Å². The van der Waals surface area contributed by atoms with E-state index in [0.717, 1.165) is 33.5 Å². The van der Waals surface area contributed by atoms with E-state index in [1.54, 1.807) is 18.0 Å². The maximum atomic E-state index is 12.5. The molecule has 0 saturated carbocycles. The molecule has 0 N–H and O–H groups in total. The standard InChI is InChI=1S/C15H18BrN5O2S/c1-19(11-6-8-24-9-7-11)14(22)10-20-15(23)21(18-17-20)13-5-3-2-4-12(13)16/h2-5,11H,6-10H2,1H3. The maximum Gasteiger partial charge on any atom is 0.369 e. The molecule has 0 spiro atoms. The molecule has 0 atom stereocenters. The molecule has 2 heterocycles. The van der Waals surface area contributed by atoms with Crippen LogP contribution in [0.15, 0.2) is 33.5 Å². The average Bonchev–Trinajstić information content (AvgIpc) is 2.96. The fourth-order valence-corrected chi connectivity index (χ4v) is 4.20. The second-order valence-electron chi connectivity index (χ2n) is 5.63. The third kappa shape index (κ3) is 3.56. The molecule has 1 aliphatic rings. The van der Waals surface area contributed by atoms with Crippen LogP contribution in [0.4, 0.5) is 0 Å². The minimum Gasteiger partial charge on any atom is -0.341 e. The summed E-state index contributed by atoms with van der Waals surface area (Å²) in [7, 11) is 1.80. The number of benzene rings is 1. The summed E-state index contributed by atoms with van der Waals surface area (Å²) in [5.41, 5.74) is 0.168. The molecular weight excluding hydrogens is 394 g/mol. The number of tetrazole rings is 1. The zero-order valence-corrected chi connectivity index (χ0v) is 15.7. The van der Waals surface area contributed by atoms with Gasteiger partial charge in [0.1, 0.15) is 6.54 Å². The highest BCUT2D eigenvalue weighted by atomic mass is 79.9. The van der Waals surface area contributed by atoms with E-state index in [1.807, 2.05) is 30.0 Å². The summed E-state index contributed by atoms with van der Waals surface area (Å²) in [5, 5.41) is 7.73. The van der Waals surface area contributed by atoms with Gasteiger partial charge in [-0.1, -0.05) is 12.1 Å². The monoisotopic (exact) mass is 411 g/mol. The fraction of sp³-hybridized carbons (Fsp3) is 0.467.